The van der Waals surface area contributed by atoms with Crippen molar-refractivity contribution in [1.29, 1.82) is 0 Å². The molecule has 2 fully saturated rings. The van der Waals surface area contributed by atoms with E-state index in [1.54, 1.807) is 19.1 Å². The molecule has 2 aliphatic rings. The van der Waals surface area contributed by atoms with Crippen molar-refractivity contribution in [3.8, 4) is 5.75 Å². The SMILES string of the molecule is CCCC1CCC(c2ccc(C3CCC(c4ccc(OCC)c(F)c4F)CC3)cc2)CO1. The summed E-state index contributed by atoms with van der Waals surface area (Å²) < 4.78 is 40.1. The van der Waals surface area contributed by atoms with Gasteiger partial charge in [-0.2, -0.15) is 4.39 Å². The first-order chi connectivity index (χ1) is 15.6. The third-order valence-corrected chi connectivity index (χ3v) is 7.40. The van der Waals surface area contributed by atoms with Crippen molar-refractivity contribution in [1.82, 2.24) is 0 Å². The smallest absolute Gasteiger partial charge is 0.200 e. The fraction of sp³-hybridized carbons (Fsp3) is 0.571. The molecule has 4 heteroatoms. The highest BCUT2D eigenvalue weighted by Gasteiger charge is 2.28. The second-order valence-electron chi connectivity index (χ2n) is 9.45. The van der Waals surface area contributed by atoms with E-state index in [4.69, 9.17) is 9.47 Å². The summed E-state index contributed by atoms with van der Waals surface area (Å²) in [5.74, 6) is -0.509. The van der Waals surface area contributed by atoms with Gasteiger partial charge in [-0.25, -0.2) is 4.39 Å². The van der Waals surface area contributed by atoms with Gasteiger partial charge < -0.3 is 9.47 Å². The second-order valence-corrected chi connectivity index (χ2v) is 9.45. The summed E-state index contributed by atoms with van der Waals surface area (Å²) in [6.45, 7) is 5.14. The van der Waals surface area contributed by atoms with E-state index in [1.165, 1.54) is 30.4 Å². The largest absolute Gasteiger partial charge is 0.491 e. The lowest BCUT2D eigenvalue weighted by Crippen LogP contribution is -2.24. The van der Waals surface area contributed by atoms with Crippen molar-refractivity contribution in [2.24, 2.45) is 0 Å². The maximum Gasteiger partial charge on any atom is 0.200 e. The van der Waals surface area contributed by atoms with Gasteiger partial charge >= 0.3 is 0 Å². The molecule has 0 radical (unpaired) electrons. The Morgan fingerprint density at radius 1 is 0.781 bits per heavy atom. The zero-order chi connectivity index (χ0) is 22.5. The van der Waals surface area contributed by atoms with Gasteiger partial charge in [-0.15, -0.1) is 0 Å². The minimum absolute atomic E-state index is 0.00627. The van der Waals surface area contributed by atoms with Crippen LogP contribution in [0.5, 0.6) is 5.75 Å². The van der Waals surface area contributed by atoms with Crippen LogP contribution in [0.15, 0.2) is 36.4 Å². The first kappa shape index (κ1) is 23.2. The van der Waals surface area contributed by atoms with Crippen LogP contribution in [0.3, 0.4) is 0 Å². The Morgan fingerprint density at radius 2 is 1.41 bits per heavy atom. The van der Waals surface area contributed by atoms with Crippen LogP contribution in [0.1, 0.15) is 99.7 Å². The zero-order valence-electron chi connectivity index (χ0n) is 19.4. The Kier molecular flexibility index (Phi) is 7.83. The van der Waals surface area contributed by atoms with Gasteiger partial charge in [0.1, 0.15) is 0 Å². The molecule has 174 valence electrons. The summed E-state index contributed by atoms with van der Waals surface area (Å²) in [6, 6.07) is 12.4. The van der Waals surface area contributed by atoms with Crippen LogP contribution in [0.2, 0.25) is 0 Å². The van der Waals surface area contributed by atoms with Crippen molar-refractivity contribution < 1.29 is 18.3 Å². The Morgan fingerprint density at radius 3 is 2.00 bits per heavy atom. The van der Waals surface area contributed by atoms with E-state index in [0.29, 0.717) is 30.1 Å². The minimum Gasteiger partial charge on any atom is -0.491 e. The van der Waals surface area contributed by atoms with E-state index in [-0.39, 0.29) is 11.7 Å². The molecule has 1 saturated carbocycles. The molecule has 2 unspecified atom stereocenters. The molecular weight excluding hydrogens is 406 g/mol. The molecule has 0 N–H and O–H groups in total. The van der Waals surface area contributed by atoms with Crippen molar-refractivity contribution >= 4 is 0 Å². The molecule has 2 atom stereocenters. The molecule has 1 aliphatic heterocycles. The monoisotopic (exact) mass is 442 g/mol. The van der Waals surface area contributed by atoms with Crippen LogP contribution in [-0.4, -0.2) is 19.3 Å². The standard InChI is InChI=1S/C28H36F2O2/c1-3-5-24-15-14-23(18-32-24)21-8-6-19(7-9-21)20-10-12-22(13-11-20)25-16-17-26(31-4-2)28(30)27(25)29/h6-9,16-17,20,22-24H,3-5,10-15,18H2,1-2H3. The van der Waals surface area contributed by atoms with Crippen molar-refractivity contribution in [2.45, 2.75) is 89.1 Å². The number of rotatable bonds is 7. The van der Waals surface area contributed by atoms with Crippen LogP contribution in [0, 0.1) is 11.6 Å². The summed E-state index contributed by atoms with van der Waals surface area (Å²) in [6.07, 6.45) is 8.94. The van der Waals surface area contributed by atoms with Gasteiger partial charge in [-0.1, -0.05) is 43.7 Å². The lowest BCUT2D eigenvalue weighted by atomic mass is 9.75. The number of hydrogen-bond donors (Lipinski definition) is 0. The Bertz CT molecular complexity index is 864. The third kappa shape index (κ3) is 5.17. The summed E-state index contributed by atoms with van der Waals surface area (Å²) in [4.78, 5) is 0. The van der Waals surface area contributed by atoms with E-state index in [2.05, 4.69) is 31.2 Å². The fourth-order valence-electron chi connectivity index (χ4n) is 5.53. The normalized spacial score (nSPS) is 26.1. The van der Waals surface area contributed by atoms with Crippen molar-refractivity contribution in [2.75, 3.05) is 13.2 Å². The maximum atomic E-state index is 14.6. The Hall–Kier alpha value is -1.94. The molecule has 1 saturated heterocycles. The highest BCUT2D eigenvalue weighted by atomic mass is 19.2. The molecular formula is C28H36F2O2. The number of ether oxygens (including phenoxy) is 2. The number of benzene rings is 2. The second kappa shape index (κ2) is 10.8. The zero-order valence-corrected chi connectivity index (χ0v) is 19.4. The topological polar surface area (TPSA) is 18.5 Å². The van der Waals surface area contributed by atoms with Gasteiger partial charge in [0.2, 0.25) is 5.82 Å². The van der Waals surface area contributed by atoms with Crippen LogP contribution in [0.25, 0.3) is 0 Å². The third-order valence-electron chi connectivity index (χ3n) is 7.40. The summed E-state index contributed by atoms with van der Waals surface area (Å²) in [5, 5.41) is 0. The van der Waals surface area contributed by atoms with Crippen LogP contribution in [-0.2, 0) is 4.74 Å². The molecule has 0 bridgehead atoms. The van der Waals surface area contributed by atoms with Gasteiger partial charge in [0.15, 0.2) is 11.6 Å². The molecule has 0 spiro atoms. The van der Waals surface area contributed by atoms with Gasteiger partial charge in [0.25, 0.3) is 0 Å². The van der Waals surface area contributed by atoms with Gasteiger partial charge in [0, 0.05) is 5.92 Å². The van der Waals surface area contributed by atoms with Gasteiger partial charge in [-0.05, 0) is 86.5 Å². The average Bonchev–Trinajstić information content (AvgIpc) is 2.83. The van der Waals surface area contributed by atoms with E-state index in [0.717, 1.165) is 38.7 Å². The first-order valence-electron chi connectivity index (χ1n) is 12.4. The summed E-state index contributed by atoms with van der Waals surface area (Å²) >= 11 is 0. The lowest BCUT2D eigenvalue weighted by Gasteiger charge is -2.31. The van der Waals surface area contributed by atoms with Crippen molar-refractivity contribution in [3.63, 3.8) is 0 Å². The summed E-state index contributed by atoms with van der Waals surface area (Å²) in [7, 11) is 0. The predicted octanol–water partition coefficient (Wildman–Crippen LogP) is 7.87. The highest BCUT2D eigenvalue weighted by molar-refractivity contribution is 5.34. The van der Waals surface area contributed by atoms with E-state index >= 15 is 0 Å². The maximum absolute atomic E-state index is 14.6. The van der Waals surface area contributed by atoms with Crippen LogP contribution >= 0.6 is 0 Å². The first-order valence-corrected chi connectivity index (χ1v) is 12.4. The lowest BCUT2D eigenvalue weighted by molar-refractivity contribution is -0.00111. The van der Waals surface area contributed by atoms with E-state index in [9.17, 15) is 8.78 Å². The van der Waals surface area contributed by atoms with Crippen LogP contribution in [0.4, 0.5) is 8.78 Å². The number of halogens is 2. The predicted molar refractivity (Wildman–Crippen MR) is 125 cm³/mol. The quantitative estimate of drug-likeness (QED) is 0.434. The average molecular weight is 443 g/mol. The molecule has 2 nitrogen and oxygen atoms in total. The highest BCUT2D eigenvalue weighted by Crippen LogP contribution is 2.42. The molecule has 2 aromatic carbocycles. The number of hydrogen-bond acceptors (Lipinski definition) is 2. The molecule has 2 aromatic rings. The minimum atomic E-state index is -0.852. The molecule has 0 amide bonds. The molecule has 0 aromatic heterocycles. The summed E-state index contributed by atoms with van der Waals surface area (Å²) in [5.41, 5.74) is 3.24. The van der Waals surface area contributed by atoms with E-state index < -0.39 is 11.6 Å². The molecule has 4 rings (SSSR count). The Labute approximate surface area is 191 Å². The molecule has 32 heavy (non-hydrogen) atoms. The molecule has 1 aliphatic carbocycles. The van der Waals surface area contributed by atoms with Crippen molar-refractivity contribution in [3.05, 3.63) is 64.7 Å². The van der Waals surface area contributed by atoms with Gasteiger partial charge in [0.05, 0.1) is 19.3 Å². The van der Waals surface area contributed by atoms with Crippen LogP contribution < -0.4 is 4.74 Å². The fourth-order valence-corrected chi connectivity index (χ4v) is 5.53. The van der Waals surface area contributed by atoms with Gasteiger partial charge in [-0.3, -0.25) is 0 Å². The Balaban J connectivity index is 1.33. The molecule has 1 heterocycles. The van der Waals surface area contributed by atoms with E-state index in [1.807, 2.05) is 0 Å².